The molecule has 0 radical (unpaired) electrons. The van der Waals surface area contributed by atoms with Crippen LogP contribution in [0.1, 0.15) is 48.0 Å². The van der Waals surface area contributed by atoms with Gasteiger partial charge in [0, 0.05) is 0 Å². The van der Waals surface area contributed by atoms with Crippen molar-refractivity contribution in [2.45, 2.75) is 72.1 Å². The monoisotopic (exact) mass is 372 g/mol. The van der Waals surface area contributed by atoms with Crippen molar-refractivity contribution >= 4 is 23.7 Å². The fourth-order valence-electron chi connectivity index (χ4n) is 2.07. The van der Waals surface area contributed by atoms with Gasteiger partial charge in [0.25, 0.3) is 0 Å². The molecule has 9 heteroatoms. The van der Waals surface area contributed by atoms with Crippen molar-refractivity contribution in [2.75, 3.05) is 0 Å². The largest absolute Gasteiger partial charge is 0.480 e. The number of nitrogens with two attached hydrogens (primary N) is 1. The first-order valence-electron chi connectivity index (χ1n) is 8.76. The predicted octanol–water partition coefficient (Wildman–Crippen LogP) is -0.405. The molecule has 0 heterocycles. The van der Waals surface area contributed by atoms with Crippen LogP contribution in [0.2, 0.25) is 0 Å². The van der Waals surface area contributed by atoms with E-state index in [-0.39, 0.29) is 18.3 Å². The van der Waals surface area contributed by atoms with Crippen molar-refractivity contribution in [3.05, 3.63) is 0 Å². The Kier molecular flexibility index (Phi) is 9.85. The summed E-state index contributed by atoms with van der Waals surface area (Å²) >= 11 is 0. The Bertz CT molecular complexity index is 521. The second kappa shape index (κ2) is 10.7. The Morgan fingerprint density at radius 1 is 0.808 bits per heavy atom. The highest BCUT2D eigenvalue weighted by Gasteiger charge is 2.27. The molecule has 0 aromatic heterocycles. The molecule has 3 amide bonds. The fraction of sp³-hybridized carbons (Fsp3) is 0.765. The predicted molar refractivity (Wildman–Crippen MR) is 97.0 cm³/mol. The molecular formula is C17H32N4O5. The normalized spacial score (nSPS) is 15.7. The minimum absolute atomic E-state index is 0.0797. The highest BCUT2D eigenvalue weighted by Crippen LogP contribution is 2.05. The average Bonchev–Trinajstić information content (AvgIpc) is 2.52. The Labute approximate surface area is 154 Å². The number of carbonyl (C=O) groups excluding carboxylic acids is 3. The van der Waals surface area contributed by atoms with Crippen LogP contribution >= 0.6 is 0 Å². The molecule has 150 valence electrons. The molecule has 0 aromatic carbocycles. The van der Waals surface area contributed by atoms with Crippen molar-refractivity contribution in [3.63, 3.8) is 0 Å². The van der Waals surface area contributed by atoms with E-state index >= 15 is 0 Å². The molecule has 0 aliphatic rings. The van der Waals surface area contributed by atoms with Gasteiger partial charge < -0.3 is 26.8 Å². The van der Waals surface area contributed by atoms with E-state index in [0.29, 0.717) is 0 Å². The molecule has 0 rings (SSSR count). The van der Waals surface area contributed by atoms with Crippen LogP contribution in [0.3, 0.4) is 0 Å². The van der Waals surface area contributed by atoms with Crippen molar-refractivity contribution in [1.29, 1.82) is 0 Å². The SMILES string of the molecule is CC(C)CC(NC(=O)C(C)NC(=O)C(C)NC(=O)C(N)C(C)C)C(=O)O. The standard InChI is InChI=1S/C17H32N4O5/c1-8(2)7-12(17(25)26)21-15(23)11(6)19-14(22)10(5)20-16(24)13(18)9(3)4/h8-13H,7,18H2,1-6H3,(H,19,22)(H,20,24)(H,21,23)(H,25,26). The fourth-order valence-corrected chi connectivity index (χ4v) is 2.07. The summed E-state index contributed by atoms with van der Waals surface area (Å²) in [6.07, 6.45) is 0.279. The molecule has 6 N–H and O–H groups in total. The minimum Gasteiger partial charge on any atom is -0.480 e. The van der Waals surface area contributed by atoms with E-state index in [9.17, 15) is 19.2 Å². The molecule has 0 aliphatic carbocycles. The van der Waals surface area contributed by atoms with Gasteiger partial charge in [0.1, 0.15) is 18.1 Å². The molecule has 0 saturated carbocycles. The van der Waals surface area contributed by atoms with Crippen LogP contribution in [0.15, 0.2) is 0 Å². The summed E-state index contributed by atoms with van der Waals surface area (Å²) < 4.78 is 0. The van der Waals surface area contributed by atoms with Gasteiger partial charge >= 0.3 is 5.97 Å². The molecule has 0 aromatic rings. The number of carboxylic acids is 1. The third-order valence-corrected chi connectivity index (χ3v) is 3.85. The summed E-state index contributed by atoms with van der Waals surface area (Å²) in [7, 11) is 0. The van der Waals surface area contributed by atoms with Gasteiger partial charge in [-0.2, -0.15) is 0 Å². The van der Waals surface area contributed by atoms with Crippen LogP contribution in [0.4, 0.5) is 0 Å². The van der Waals surface area contributed by atoms with Gasteiger partial charge in [0.2, 0.25) is 17.7 Å². The molecular weight excluding hydrogens is 340 g/mol. The second-order valence-corrected chi connectivity index (χ2v) is 7.26. The number of aliphatic carboxylic acids is 1. The molecule has 0 bridgehead atoms. The van der Waals surface area contributed by atoms with Crippen LogP contribution in [0.5, 0.6) is 0 Å². The van der Waals surface area contributed by atoms with E-state index in [1.54, 1.807) is 13.8 Å². The quantitative estimate of drug-likeness (QED) is 0.352. The van der Waals surface area contributed by atoms with Gasteiger partial charge in [-0.1, -0.05) is 27.7 Å². The van der Waals surface area contributed by atoms with E-state index in [4.69, 9.17) is 10.8 Å². The van der Waals surface area contributed by atoms with Gasteiger partial charge in [-0.3, -0.25) is 14.4 Å². The van der Waals surface area contributed by atoms with Crippen LogP contribution in [-0.4, -0.2) is 53.0 Å². The van der Waals surface area contributed by atoms with Gasteiger partial charge in [0.15, 0.2) is 0 Å². The summed E-state index contributed by atoms with van der Waals surface area (Å²) in [6, 6.07) is -3.59. The summed E-state index contributed by atoms with van der Waals surface area (Å²) in [5.41, 5.74) is 5.72. The van der Waals surface area contributed by atoms with E-state index in [2.05, 4.69) is 16.0 Å². The smallest absolute Gasteiger partial charge is 0.326 e. The molecule has 4 unspecified atom stereocenters. The first-order valence-corrected chi connectivity index (χ1v) is 8.76. The van der Waals surface area contributed by atoms with Gasteiger partial charge in [-0.25, -0.2) is 4.79 Å². The lowest BCUT2D eigenvalue weighted by atomic mass is 10.0. The number of hydrogen-bond donors (Lipinski definition) is 5. The van der Waals surface area contributed by atoms with E-state index in [1.165, 1.54) is 13.8 Å². The molecule has 9 nitrogen and oxygen atoms in total. The third kappa shape index (κ3) is 8.28. The van der Waals surface area contributed by atoms with Crippen LogP contribution < -0.4 is 21.7 Å². The highest BCUT2D eigenvalue weighted by atomic mass is 16.4. The lowest BCUT2D eigenvalue weighted by Gasteiger charge is -2.22. The summed E-state index contributed by atoms with van der Waals surface area (Å²) in [6.45, 7) is 10.2. The van der Waals surface area contributed by atoms with Crippen molar-refractivity contribution < 1.29 is 24.3 Å². The first-order chi connectivity index (χ1) is 11.9. The maximum Gasteiger partial charge on any atom is 0.326 e. The zero-order chi connectivity index (χ0) is 20.6. The van der Waals surface area contributed by atoms with E-state index in [1.807, 2.05) is 13.8 Å². The van der Waals surface area contributed by atoms with Crippen molar-refractivity contribution in [2.24, 2.45) is 17.6 Å². The van der Waals surface area contributed by atoms with Gasteiger partial charge in [-0.15, -0.1) is 0 Å². The molecule has 0 aliphatic heterocycles. The van der Waals surface area contributed by atoms with E-state index < -0.39 is 47.9 Å². The number of rotatable bonds is 10. The second-order valence-electron chi connectivity index (χ2n) is 7.26. The number of hydrogen-bond acceptors (Lipinski definition) is 5. The third-order valence-electron chi connectivity index (χ3n) is 3.85. The number of amides is 3. The molecule has 26 heavy (non-hydrogen) atoms. The lowest BCUT2D eigenvalue weighted by Crippen LogP contribution is -2.56. The topological polar surface area (TPSA) is 151 Å². The Morgan fingerprint density at radius 2 is 1.23 bits per heavy atom. The first kappa shape index (κ1) is 23.8. The molecule has 0 fully saturated rings. The van der Waals surface area contributed by atoms with Crippen molar-refractivity contribution in [3.8, 4) is 0 Å². The maximum absolute atomic E-state index is 12.1. The van der Waals surface area contributed by atoms with Gasteiger partial charge in [-0.05, 0) is 32.1 Å². The Morgan fingerprint density at radius 3 is 1.62 bits per heavy atom. The lowest BCUT2D eigenvalue weighted by molar-refractivity contribution is -0.142. The van der Waals surface area contributed by atoms with Gasteiger partial charge in [0.05, 0.1) is 6.04 Å². The van der Waals surface area contributed by atoms with Crippen LogP contribution in [0.25, 0.3) is 0 Å². The minimum atomic E-state index is -1.13. The van der Waals surface area contributed by atoms with E-state index in [0.717, 1.165) is 0 Å². The zero-order valence-corrected chi connectivity index (χ0v) is 16.3. The number of carboxylic acid groups (broad SMARTS) is 1. The number of carbonyl (C=O) groups is 4. The maximum atomic E-state index is 12.1. The molecule has 4 atom stereocenters. The Balaban J connectivity index is 4.66. The van der Waals surface area contributed by atoms with Crippen molar-refractivity contribution in [1.82, 2.24) is 16.0 Å². The summed E-state index contributed by atoms with van der Waals surface area (Å²) in [4.78, 5) is 47.3. The summed E-state index contributed by atoms with van der Waals surface area (Å²) in [5, 5.41) is 16.5. The molecule has 0 saturated heterocycles. The van der Waals surface area contributed by atoms with Crippen LogP contribution in [-0.2, 0) is 19.2 Å². The molecule has 0 spiro atoms. The number of nitrogens with one attached hydrogen (secondary N) is 3. The Hall–Kier alpha value is -2.16. The summed E-state index contributed by atoms with van der Waals surface area (Å²) in [5.74, 6) is -2.75. The highest BCUT2D eigenvalue weighted by molar-refractivity contribution is 5.93. The average molecular weight is 372 g/mol. The zero-order valence-electron chi connectivity index (χ0n) is 16.3. The van der Waals surface area contributed by atoms with Crippen LogP contribution in [0, 0.1) is 11.8 Å².